The predicted octanol–water partition coefficient (Wildman–Crippen LogP) is 3.94. The Morgan fingerprint density at radius 3 is 2.80 bits per heavy atom. The van der Waals surface area contributed by atoms with E-state index in [1.54, 1.807) is 7.11 Å². The number of hydrogen-bond acceptors (Lipinski definition) is 2. The normalized spacial score (nSPS) is 15.6. The molecule has 1 unspecified atom stereocenters. The molecule has 0 radical (unpaired) electrons. The Labute approximate surface area is 121 Å². The second-order valence-electron chi connectivity index (χ2n) is 4.81. The molecule has 0 bridgehead atoms. The fraction of sp³-hybridized carbons (Fsp3) is 0.188. The Bertz CT molecular complexity index is 692. The first kappa shape index (κ1) is 13.0. The highest BCUT2D eigenvalue weighted by Crippen LogP contribution is 2.50. The SMILES string of the molecule is COc1cccc2c1-c1ccc(Cl)cc1C2CC(=O)O. The predicted molar refractivity (Wildman–Crippen MR) is 77.5 cm³/mol. The van der Waals surface area contributed by atoms with Gasteiger partial charge >= 0.3 is 5.97 Å². The third-order valence-corrected chi connectivity index (χ3v) is 3.93. The van der Waals surface area contributed by atoms with Gasteiger partial charge in [0.1, 0.15) is 5.75 Å². The average molecular weight is 289 g/mol. The van der Waals surface area contributed by atoms with Gasteiger partial charge in [-0.15, -0.1) is 0 Å². The highest BCUT2D eigenvalue weighted by molar-refractivity contribution is 6.30. The summed E-state index contributed by atoms with van der Waals surface area (Å²) in [4.78, 5) is 11.2. The van der Waals surface area contributed by atoms with Crippen molar-refractivity contribution >= 4 is 17.6 Å². The first-order valence-corrected chi connectivity index (χ1v) is 6.68. The summed E-state index contributed by atoms with van der Waals surface area (Å²) >= 11 is 6.06. The minimum atomic E-state index is -0.823. The van der Waals surface area contributed by atoms with Crippen molar-refractivity contribution in [3.63, 3.8) is 0 Å². The van der Waals surface area contributed by atoms with E-state index in [4.69, 9.17) is 21.4 Å². The molecule has 0 aliphatic heterocycles. The van der Waals surface area contributed by atoms with E-state index < -0.39 is 5.97 Å². The van der Waals surface area contributed by atoms with E-state index in [0.717, 1.165) is 28.0 Å². The van der Waals surface area contributed by atoms with Crippen LogP contribution in [-0.4, -0.2) is 18.2 Å². The second-order valence-corrected chi connectivity index (χ2v) is 5.24. The quantitative estimate of drug-likeness (QED) is 0.930. The van der Waals surface area contributed by atoms with Crippen LogP contribution in [0.3, 0.4) is 0 Å². The van der Waals surface area contributed by atoms with Gasteiger partial charge in [-0.05, 0) is 34.9 Å². The molecular formula is C16H13ClO3. The van der Waals surface area contributed by atoms with Gasteiger partial charge in [-0.3, -0.25) is 4.79 Å². The van der Waals surface area contributed by atoms with Crippen molar-refractivity contribution < 1.29 is 14.6 Å². The van der Waals surface area contributed by atoms with Crippen LogP contribution in [0.4, 0.5) is 0 Å². The molecule has 102 valence electrons. The molecule has 1 aliphatic carbocycles. The topological polar surface area (TPSA) is 46.5 Å². The summed E-state index contributed by atoms with van der Waals surface area (Å²) in [6.45, 7) is 0. The summed E-state index contributed by atoms with van der Waals surface area (Å²) < 4.78 is 5.42. The Balaban J connectivity index is 2.26. The number of fused-ring (bicyclic) bond motifs is 3. The average Bonchev–Trinajstić information content (AvgIpc) is 2.72. The first-order valence-electron chi connectivity index (χ1n) is 6.30. The molecule has 0 heterocycles. The zero-order valence-electron chi connectivity index (χ0n) is 10.9. The molecule has 2 aromatic rings. The van der Waals surface area contributed by atoms with Crippen LogP contribution in [0.25, 0.3) is 11.1 Å². The molecule has 1 N–H and O–H groups in total. The van der Waals surface area contributed by atoms with Crippen LogP contribution in [-0.2, 0) is 4.79 Å². The van der Waals surface area contributed by atoms with Crippen molar-refractivity contribution in [2.75, 3.05) is 7.11 Å². The van der Waals surface area contributed by atoms with Gasteiger partial charge in [0, 0.05) is 16.5 Å². The number of rotatable bonds is 3. The van der Waals surface area contributed by atoms with E-state index >= 15 is 0 Å². The third-order valence-electron chi connectivity index (χ3n) is 3.69. The molecule has 2 aromatic carbocycles. The molecule has 1 aliphatic rings. The van der Waals surface area contributed by atoms with Crippen LogP contribution in [0.15, 0.2) is 36.4 Å². The van der Waals surface area contributed by atoms with Crippen LogP contribution >= 0.6 is 11.6 Å². The van der Waals surface area contributed by atoms with Crippen LogP contribution in [0, 0.1) is 0 Å². The highest BCUT2D eigenvalue weighted by Gasteiger charge is 2.32. The minimum absolute atomic E-state index is 0.0491. The van der Waals surface area contributed by atoms with E-state index in [1.165, 1.54) is 0 Å². The van der Waals surface area contributed by atoms with Gasteiger partial charge in [0.05, 0.1) is 13.5 Å². The fourth-order valence-electron chi connectivity index (χ4n) is 2.91. The van der Waals surface area contributed by atoms with Crippen LogP contribution in [0.5, 0.6) is 5.75 Å². The van der Waals surface area contributed by atoms with Crippen molar-refractivity contribution in [3.05, 3.63) is 52.5 Å². The standard InChI is InChI=1S/C16H13ClO3/c1-20-14-4-2-3-10-13(8-15(18)19)12-7-9(17)5-6-11(12)16(10)14/h2-7,13H,8H2,1H3,(H,18,19). The molecule has 0 fully saturated rings. The number of hydrogen-bond donors (Lipinski definition) is 1. The molecule has 0 spiro atoms. The lowest BCUT2D eigenvalue weighted by Crippen LogP contribution is -2.05. The van der Waals surface area contributed by atoms with E-state index in [9.17, 15) is 4.79 Å². The number of halogens is 1. The minimum Gasteiger partial charge on any atom is -0.496 e. The summed E-state index contributed by atoms with van der Waals surface area (Å²) in [7, 11) is 1.62. The lowest BCUT2D eigenvalue weighted by molar-refractivity contribution is -0.137. The van der Waals surface area contributed by atoms with Gasteiger partial charge in [0.25, 0.3) is 0 Å². The number of carbonyl (C=O) groups is 1. The highest BCUT2D eigenvalue weighted by atomic mass is 35.5. The molecule has 3 rings (SSSR count). The first-order chi connectivity index (χ1) is 9.61. The molecule has 3 nitrogen and oxygen atoms in total. The molecule has 4 heteroatoms. The third kappa shape index (κ3) is 1.95. The van der Waals surface area contributed by atoms with Crippen LogP contribution in [0.2, 0.25) is 5.02 Å². The number of ether oxygens (including phenoxy) is 1. The molecule has 0 aromatic heterocycles. The smallest absolute Gasteiger partial charge is 0.304 e. The van der Waals surface area contributed by atoms with Crippen molar-refractivity contribution in [3.8, 4) is 16.9 Å². The number of benzene rings is 2. The number of carboxylic acids is 1. The summed E-state index contributed by atoms with van der Waals surface area (Å²) in [6, 6.07) is 11.3. The monoisotopic (exact) mass is 288 g/mol. The van der Waals surface area contributed by atoms with Gasteiger partial charge in [0.2, 0.25) is 0 Å². The summed E-state index contributed by atoms with van der Waals surface area (Å²) in [5.41, 5.74) is 3.93. The van der Waals surface area contributed by atoms with E-state index in [0.29, 0.717) is 5.02 Å². The zero-order chi connectivity index (χ0) is 14.3. The van der Waals surface area contributed by atoms with Crippen molar-refractivity contribution in [2.24, 2.45) is 0 Å². The summed E-state index contributed by atoms with van der Waals surface area (Å²) in [6.07, 6.45) is 0.0491. The van der Waals surface area contributed by atoms with Crippen LogP contribution in [0.1, 0.15) is 23.5 Å². The molecule has 0 saturated heterocycles. The summed E-state index contributed by atoms with van der Waals surface area (Å²) in [5, 5.41) is 9.77. The largest absolute Gasteiger partial charge is 0.496 e. The number of methoxy groups -OCH3 is 1. The Kier molecular flexibility index (Phi) is 3.14. The van der Waals surface area contributed by atoms with Crippen molar-refractivity contribution in [1.29, 1.82) is 0 Å². The van der Waals surface area contributed by atoms with Crippen LogP contribution < -0.4 is 4.74 Å². The van der Waals surface area contributed by atoms with Gasteiger partial charge in [-0.2, -0.15) is 0 Å². The Morgan fingerprint density at radius 2 is 2.10 bits per heavy atom. The Hall–Kier alpha value is -2.00. The molecule has 20 heavy (non-hydrogen) atoms. The van der Waals surface area contributed by atoms with E-state index in [-0.39, 0.29) is 12.3 Å². The van der Waals surface area contributed by atoms with E-state index in [2.05, 4.69) is 0 Å². The molecule has 0 amide bonds. The second kappa shape index (κ2) is 4.84. The molecular weight excluding hydrogens is 276 g/mol. The zero-order valence-corrected chi connectivity index (χ0v) is 11.6. The Morgan fingerprint density at radius 1 is 1.30 bits per heavy atom. The maximum absolute atomic E-state index is 11.2. The number of aliphatic carboxylic acids is 1. The van der Waals surface area contributed by atoms with Gasteiger partial charge < -0.3 is 9.84 Å². The van der Waals surface area contributed by atoms with Gasteiger partial charge in [-0.1, -0.05) is 29.8 Å². The van der Waals surface area contributed by atoms with Gasteiger partial charge in [0.15, 0.2) is 0 Å². The molecule has 1 atom stereocenters. The molecule has 0 saturated carbocycles. The van der Waals surface area contributed by atoms with Crippen molar-refractivity contribution in [2.45, 2.75) is 12.3 Å². The van der Waals surface area contributed by atoms with E-state index in [1.807, 2.05) is 36.4 Å². The van der Waals surface area contributed by atoms with Crippen molar-refractivity contribution in [1.82, 2.24) is 0 Å². The lowest BCUT2D eigenvalue weighted by atomic mass is 9.94. The number of carboxylic acid groups (broad SMARTS) is 1. The fourth-order valence-corrected chi connectivity index (χ4v) is 3.09. The maximum atomic E-state index is 11.2. The maximum Gasteiger partial charge on any atom is 0.304 e. The summed E-state index contributed by atoms with van der Waals surface area (Å²) in [5.74, 6) is -0.234. The van der Waals surface area contributed by atoms with Gasteiger partial charge in [-0.25, -0.2) is 0 Å². The lowest BCUT2D eigenvalue weighted by Gasteiger charge is -2.11.